The quantitative estimate of drug-likeness (QED) is 0.637. The number of carbonyl (C=O) groups is 2. The highest BCUT2D eigenvalue weighted by atomic mass is 32.2. The Morgan fingerprint density at radius 2 is 1.86 bits per heavy atom. The first-order chi connectivity index (χ1) is 9.69. The SMILES string of the molecule is CS(=O)(=O)CCC(N)C(=O)NCc1ccc(C(=O)O)cc1. The summed E-state index contributed by atoms with van der Waals surface area (Å²) in [5.41, 5.74) is 6.49. The molecular formula is C13H18N2O5S. The first-order valence-electron chi connectivity index (χ1n) is 6.22. The molecule has 0 radical (unpaired) electrons. The molecule has 116 valence electrons. The zero-order valence-electron chi connectivity index (χ0n) is 11.6. The van der Waals surface area contributed by atoms with Crippen LogP contribution in [0.3, 0.4) is 0 Å². The number of carboxylic acid groups (broad SMARTS) is 1. The number of amides is 1. The fraction of sp³-hybridized carbons (Fsp3) is 0.385. The van der Waals surface area contributed by atoms with Gasteiger partial charge in [0.2, 0.25) is 5.91 Å². The number of nitrogens with two attached hydrogens (primary N) is 1. The molecule has 0 aliphatic heterocycles. The van der Waals surface area contributed by atoms with Crippen LogP contribution in [0.2, 0.25) is 0 Å². The van der Waals surface area contributed by atoms with Gasteiger partial charge in [0, 0.05) is 12.8 Å². The van der Waals surface area contributed by atoms with E-state index in [1.54, 1.807) is 12.1 Å². The van der Waals surface area contributed by atoms with Crippen molar-refractivity contribution < 1.29 is 23.1 Å². The Balaban J connectivity index is 2.47. The number of hydrogen-bond donors (Lipinski definition) is 3. The average molecular weight is 314 g/mol. The van der Waals surface area contributed by atoms with Crippen molar-refractivity contribution in [2.24, 2.45) is 5.73 Å². The second-order valence-corrected chi connectivity index (χ2v) is 7.00. The summed E-state index contributed by atoms with van der Waals surface area (Å²) in [6.07, 6.45) is 1.14. The molecule has 4 N–H and O–H groups in total. The van der Waals surface area contributed by atoms with E-state index in [1.807, 2.05) is 0 Å². The molecule has 1 amide bonds. The molecule has 0 aliphatic carbocycles. The van der Waals surface area contributed by atoms with E-state index in [-0.39, 0.29) is 24.3 Å². The van der Waals surface area contributed by atoms with Crippen molar-refractivity contribution >= 4 is 21.7 Å². The van der Waals surface area contributed by atoms with Gasteiger partial charge in [-0.25, -0.2) is 13.2 Å². The summed E-state index contributed by atoms with van der Waals surface area (Å²) in [5.74, 6) is -1.61. The molecule has 0 spiro atoms. The maximum Gasteiger partial charge on any atom is 0.335 e. The number of rotatable bonds is 7. The van der Waals surface area contributed by atoms with Crippen molar-refractivity contribution in [3.05, 3.63) is 35.4 Å². The Morgan fingerprint density at radius 3 is 2.33 bits per heavy atom. The molecule has 21 heavy (non-hydrogen) atoms. The lowest BCUT2D eigenvalue weighted by molar-refractivity contribution is -0.122. The number of nitrogens with one attached hydrogen (secondary N) is 1. The minimum absolute atomic E-state index is 0.0582. The number of aromatic carboxylic acids is 1. The second kappa shape index (κ2) is 7.19. The fourth-order valence-corrected chi connectivity index (χ4v) is 2.24. The van der Waals surface area contributed by atoms with Gasteiger partial charge in [0.15, 0.2) is 0 Å². The van der Waals surface area contributed by atoms with Crippen molar-refractivity contribution in [2.75, 3.05) is 12.0 Å². The number of sulfone groups is 1. The minimum atomic E-state index is -3.15. The Hall–Kier alpha value is -1.93. The summed E-state index contributed by atoms with van der Waals surface area (Å²) in [6, 6.07) is 5.16. The van der Waals surface area contributed by atoms with Crippen molar-refractivity contribution in [1.82, 2.24) is 5.32 Å². The van der Waals surface area contributed by atoms with Gasteiger partial charge in [0.1, 0.15) is 9.84 Å². The van der Waals surface area contributed by atoms with Crippen LogP contribution in [0.15, 0.2) is 24.3 Å². The van der Waals surface area contributed by atoms with Crippen molar-refractivity contribution in [2.45, 2.75) is 19.0 Å². The Morgan fingerprint density at radius 1 is 1.29 bits per heavy atom. The molecule has 0 aliphatic rings. The molecule has 0 saturated heterocycles. The molecule has 0 fully saturated rings. The van der Waals surface area contributed by atoms with Crippen LogP contribution in [0.25, 0.3) is 0 Å². The Kier molecular flexibility index (Phi) is 5.86. The molecule has 1 aromatic carbocycles. The highest BCUT2D eigenvalue weighted by Crippen LogP contribution is 2.04. The van der Waals surface area contributed by atoms with Gasteiger partial charge in [-0.05, 0) is 24.1 Å². The van der Waals surface area contributed by atoms with Crippen LogP contribution >= 0.6 is 0 Å². The van der Waals surface area contributed by atoms with E-state index in [9.17, 15) is 18.0 Å². The van der Waals surface area contributed by atoms with Gasteiger partial charge < -0.3 is 16.2 Å². The van der Waals surface area contributed by atoms with Gasteiger partial charge in [0.25, 0.3) is 0 Å². The van der Waals surface area contributed by atoms with Crippen molar-refractivity contribution in [3.63, 3.8) is 0 Å². The topological polar surface area (TPSA) is 127 Å². The summed E-state index contributed by atoms with van der Waals surface area (Å²) in [4.78, 5) is 22.4. The molecule has 8 heteroatoms. The normalized spacial score (nSPS) is 12.7. The van der Waals surface area contributed by atoms with Crippen molar-refractivity contribution in [3.8, 4) is 0 Å². The largest absolute Gasteiger partial charge is 0.478 e. The lowest BCUT2D eigenvalue weighted by atomic mass is 10.1. The van der Waals surface area contributed by atoms with Crippen LogP contribution in [0.1, 0.15) is 22.3 Å². The molecule has 7 nitrogen and oxygen atoms in total. The van der Waals surface area contributed by atoms with E-state index in [4.69, 9.17) is 10.8 Å². The van der Waals surface area contributed by atoms with Crippen LogP contribution < -0.4 is 11.1 Å². The highest BCUT2D eigenvalue weighted by molar-refractivity contribution is 7.90. The Labute approximate surface area is 123 Å². The fourth-order valence-electron chi connectivity index (χ4n) is 1.56. The van der Waals surface area contributed by atoms with Crippen LogP contribution in [0.5, 0.6) is 0 Å². The van der Waals surface area contributed by atoms with E-state index < -0.39 is 27.8 Å². The Bertz CT molecular complexity index is 610. The van der Waals surface area contributed by atoms with Gasteiger partial charge >= 0.3 is 5.97 Å². The first-order valence-corrected chi connectivity index (χ1v) is 8.28. The predicted octanol–water partition coefficient (Wildman–Crippen LogP) is -0.237. The third-order valence-corrected chi connectivity index (χ3v) is 3.78. The highest BCUT2D eigenvalue weighted by Gasteiger charge is 2.15. The van der Waals surface area contributed by atoms with E-state index in [1.165, 1.54) is 12.1 Å². The number of benzene rings is 1. The minimum Gasteiger partial charge on any atom is -0.478 e. The summed E-state index contributed by atoms with van der Waals surface area (Å²) in [5, 5.41) is 11.3. The van der Waals surface area contributed by atoms with E-state index >= 15 is 0 Å². The molecule has 0 bridgehead atoms. The average Bonchev–Trinajstić information content (AvgIpc) is 2.41. The third-order valence-electron chi connectivity index (χ3n) is 2.80. The van der Waals surface area contributed by atoms with Gasteiger partial charge in [-0.1, -0.05) is 12.1 Å². The van der Waals surface area contributed by atoms with Gasteiger partial charge in [-0.15, -0.1) is 0 Å². The number of hydrogen-bond acceptors (Lipinski definition) is 5. The zero-order chi connectivity index (χ0) is 16.0. The molecule has 0 heterocycles. The van der Waals surface area contributed by atoms with Gasteiger partial charge in [-0.2, -0.15) is 0 Å². The molecule has 1 rings (SSSR count). The maximum atomic E-state index is 11.7. The summed E-state index contributed by atoms with van der Waals surface area (Å²) >= 11 is 0. The third kappa shape index (κ3) is 6.37. The molecular weight excluding hydrogens is 296 g/mol. The van der Waals surface area contributed by atoms with Crippen LogP contribution in [-0.2, 0) is 21.2 Å². The van der Waals surface area contributed by atoms with E-state index in [2.05, 4.69) is 5.32 Å². The van der Waals surface area contributed by atoms with Crippen LogP contribution in [0, 0.1) is 0 Å². The van der Waals surface area contributed by atoms with E-state index in [0.29, 0.717) is 0 Å². The second-order valence-electron chi connectivity index (χ2n) is 4.74. The molecule has 1 aromatic rings. The standard InChI is InChI=1S/C13H18N2O5S/c1-21(19,20)7-6-11(14)12(16)15-8-9-2-4-10(5-3-9)13(17)18/h2-5,11H,6-8,14H2,1H3,(H,15,16)(H,17,18). The number of carbonyl (C=O) groups excluding carboxylic acids is 1. The molecule has 1 atom stereocenters. The van der Waals surface area contributed by atoms with Gasteiger partial charge in [0.05, 0.1) is 17.4 Å². The molecule has 0 saturated carbocycles. The molecule has 0 aromatic heterocycles. The summed E-state index contributed by atoms with van der Waals surface area (Å²) in [7, 11) is -3.15. The zero-order valence-corrected chi connectivity index (χ0v) is 12.4. The predicted molar refractivity (Wildman–Crippen MR) is 77.6 cm³/mol. The smallest absolute Gasteiger partial charge is 0.335 e. The van der Waals surface area contributed by atoms with Gasteiger partial charge in [-0.3, -0.25) is 4.79 Å². The monoisotopic (exact) mass is 314 g/mol. The summed E-state index contributed by atoms with van der Waals surface area (Å²) in [6.45, 7) is 0.200. The first kappa shape index (κ1) is 17.1. The number of carboxylic acids is 1. The maximum absolute atomic E-state index is 11.7. The molecule has 1 unspecified atom stereocenters. The van der Waals surface area contributed by atoms with Crippen molar-refractivity contribution in [1.29, 1.82) is 0 Å². The van der Waals surface area contributed by atoms with Crippen LogP contribution in [0.4, 0.5) is 0 Å². The van der Waals surface area contributed by atoms with E-state index in [0.717, 1.165) is 11.8 Å². The lowest BCUT2D eigenvalue weighted by Gasteiger charge is -2.11. The van der Waals surface area contributed by atoms with Crippen LogP contribution in [-0.4, -0.2) is 43.5 Å². The summed E-state index contributed by atoms with van der Waals surface area (Å²) < 4.78 is 22.0. The lowest BCUT2D eigenvalue weighted by Crippen LogP contribution is -2.41.